The summed E-state index contributed by atoms with van der Waals surface area (Å²) in [5.74, 6) is -0.255. The summed E-state index contributed by atoms with van der Waals surface area (Å²) in [6, 6.07) is 9.30. The van der Waals surface area contributed by atoms with Gasteiger partial charge in [-0.1, -0.05) is 12.1 Å². The van der Waals surface area contributed by atoms with Gasteiger partial charge in [0.2, 0.25) is 0 Å². The largest absolute Gasteiger partial charge is 0.464 e. The van der Waals surface area contributed by atoms with E-state index in [9.17, 15) is 4.79 Å². The maximum Gasteiger partial charge on any atom is 0.333 e. The van der Waals surface area contributed by atoms with E-state index in [0.717, 1.165) is 20.6 Å². The van der Waals surface area contributed by atoms with Crippen LogP contribution in [0.25, 0.3) is 0 Å². The van der Waals surface area contributed by atoms with Crippen LogP contribution >= 0.6 is 27.3 Å². The molecule has 0 aliphatic heterocycles. The minimum absolute atomic E-state index is 0.255. The van der Waals surface area contributed by atoms with Crippen molar-refractivity contribution < 1.29 is 9.53 Å². The van der Waals surface area contributed by atoms with Crippen LogP contribution in [-0.4, -0.2) is 12.6 Å². The Bertz CT molecular complexity index is 639. The van der Waals surface area contributed by atoms with Crippen LogP contribution in [0.4, 0.5) is 5.69 Å². The molecule has 1 aromatic heterocycles. The molecule has 0 aliphatic rings. The number of aryl methyl sites for hydroxylation is 2. The Morgan fingerprint density at radius 2 is 2.10 bits per heavy atom. The van der Waals surface area contributed by atoms with Gasteiger partial charge in [0, 0.05) is 19.9 Å². The Hall–Kier alpha value is -1.33. The summed E-state index contributed by atoms with van der Waals surface area (Å²) in [7, 11) is 0. The minimum Gasteiger partial charge on any atom is -0.464 e. The van der Waals surface area contributed by atoms with Crippen LogP contribution in [0.2, 0.25) is 0 Å². The van der Waals surface area contributed by atoms with Crippen molar-refractivity contribution in [2.24, 2.45) is 0 Å². The Balaban J connectivity index is 2.35. The van der Waals surface area contributed by atoms with Gasteiger partial charge in [0.1, 0.15) is 0 Å². The molecule has 1 heterocycles. The van der Waals surface area contributed by atoms with Gasteiger partial charge in [-0.05, 0) is 60.5 Å². The van der Waals surface area contributed by atoms with Gasteiger partial charge in [-0.15, -0.1) is 11.3 Å². The number of anilines is 1. The van der Waals surface area contributed by atoms with Crippen LogP contribution in [0.3, 0.4) is 0 Å². The van der Waals surface area contributed by atoms with Gasteiger partial charge in [0.15, 0.2) is 6.04 Å². The number of ether oxygens (including phenoxy) is 1. The number of benzene rings is 1. The number of thiophene rings is 1. The molecule has 0 aliphatic carbocycles. The molecule has 21 heavy (non-hydrogen) atoms. The van der Waals surface area contributed by atoms with Crippen molar-refractivity contribution >= 4 is 38.9 Å². The standard InChI is InChI=1S/C16H18BrNO2S/c1-4-20-16(19)15(12-9-10(2)21-11(12)3)18-14-8-6-5-7-13(14)17/h5-9,15,18H,4H2,1-3H3. The number of halogens is 1. The van der Waals surface area contributed by atoms with Crippen molar-refractivity contribution in [1.29, 1.82) is 0 Å². The average molecular weight is 368 g/mol. The molecule has 0 fully saturated rings. The third-order valence-electron chi connectivity index (χ3n) is 3.09. The third-order valence-corrected chi connectivity index (χ3v) is 4.76. The first-order chi connectivity index (χ1) is 10.0. The lowest BCUT2D eigenvalue weighted by atomic mass is 10.1. The molecule has 0 bridgehead atoms. The molecule has 1 aromatic carbocycles. The molecule has 0 radical (unpaired) electrons. The molecular formula is C16H18BrNO2S. The Morgan fingerprint density at radius 3 is 2.67 bits per heavy atom. The smallest absolute Gasteiger partial charge is 0.333 e. The number of rotatable bonds is 5. The van der Waals surface area contributed by atoms with Gasteiger partial charge >= 0.3 is 5.97 Å². The van der Waals surface area contributed by atoms with Crippen LogP contribution in [0.5, 0.6) is 0 Å². The van der Waals surface area contributed by atoms with Crippen molar-refractivity contribution in [2.75, 3.05) is 11.9 Å². The molecule has 2 aromatic rings. The summed E-state index contributed by atoms with van der Waals surface area (Å²) in [6.07, 6.45) is 0. The van der Waals surface area contributed by atoms with E-state index < -0.39 is 6.04 Å². The molecule has 112 valence electrons. The van der Waals surface area contributed by atoms with E-state index in [4.69, 9.17) is 4.74 Å². The molecule has 1 atom stereocenters. The summed E-state index contributed by atoms with van der Waals surface area (Å²) >= 11 is 5.19. The highest BCUT2D eigenvalue weighted by Crippen LogP contribution is 2.32. The fourth-order valence-electron chi connectivity index (χ4n) is 2.16. The number of carbonyl (C=O) groups is 1. The molecule has 1 unspecified atom stereocenters. The van der Waals surface area contributed by atoms with Crippen LogP contribution in [-0.2, 0) is 9.53 Å². The number of para-hydroxylation sites is 1. The number of hydrogen-bond acceptors (Lipinski definition) is 4. The molecule has 1 N–H and O–H groups in total. The zero-order chi connectivity index (χ0) is 15.4. The van der Waals surface area contributed by atoms with Gasteiger partial charge in [0.25, 0.3) is 0 Å². The fourth-order valence-corrected chi connectivity index (χ4v) is 3.52. The Labute approximate surface area is 137 Å². The summed E-state index contributed by atoms with van der Waals surface area (Å²) in [6.45, 7) is 6.26. The van der Waals surface area contributed by atoms with Crippen LogP contribution < -0.4 is 5.32 Å². The second-order valence-electron chi connectivity index (χ2n) is 4.68. The molecule has 2 rings (SSSR count). The maximum absolute atomic E-state index is 12.3. The normalized spacial score (nSPS) is 12.0. The van der Waals surface area contributed by atoms with E-state index in [0.29, 0.717) is 6.61 Å². The lowest BCUT2D eigenvalue weighted by Crippen LogP contribution is -2.23. The summed E-state index contributed by atoms with van der Waals surface area (Å²) in [4.78, 5) is 14.6. The maximum atomic E-state index is 12.3. The lowest BCUT2D eigenvalue weighted by molar-refractivity contribution is -0.144. The Morgan fingerprint density at radius 1 is 1.38 bits per heavy atom. The zero-order valence-corrected chi connectivity index (χ0v) is 14.7. The number of carbonyl (C=O) groups excluding carboxylic acids is 1. The van der Waals surface area contributed by atoms with E-state index in [2.05, 4.69) is 21.2 Å². The topological polar surface area (TPSA) is 38.3 Å². The van der Waals surface area contributed by atoms with Gasteiger partial charge < -0.3 is 10.1 Å². The van der Waals surface area contributed by atoms with Crippen LogP contribution in [0, 0.1) is 13.8 Å². The van der Waals surface area contributed by atoms with Gasteiger partial charge in [-0.2, -0.15) is 0 Å². The summed E-state index contributed by atoms with van der Waals surface area (Å²) < 4.78 is 6.14. The average Bonchev–Trinajstić information content (AvgIpc) is 2.77. The first-order valence-corrected chi connectivity index (χ1v) is 8.38. The highest BCUT2D eigenvalue weighted by Gasteiger charge is 2.25. The van der Waals surface area contributed by atoms with E-state index in [-0.39, 0.29) is 5.97 Å². The number of esters is 1. The highest BCUT2D eigenvalue weighted by molar-refractivity contribution is 9.10. The number of hydrogen-bond donors (Lipinski definition) is 1. The van der Waals surface area contributed by atoms with Crippen molar-refractivity contribution in [2.45, 2.75) is 26.8 Å². The van der Waals surface area contributed by atoms with Crippen LogP contribution in [0.1, 0.15) is 28.3 Å². The van der Waals surface area contributed by atoms with E-state index in [1.54, 1.807) is 11.3 Å². The number of nitrogens with one attached hydrogen (secondary N) is 1. The molecule has 3 nitrogen and oxygen atoms in total. The molecule has 0 saturated heterocycles. The third kappa shape index (κ3) is 3.86. The van der Waals surface area contributed by atoms with Gasteiger partial charge in [-0.3, -0.25) is 0 Å². The summed E-state index contributed by atoms with van der Waals surface area (Å²) in [5.41, 5.74) is 1.85. The SMILES string of the molecule is CCOC(=O)C(Nc1ccccc1Br)c1cc(C)sc1C. The first kappa shape index (κ1) is 16.0. The van der Waals surface area contributed by atoms with Gasteiger partial charge in [0.05, 0.1) is 6.61 Å². The Kier molecular flexibility index (Phi) is 5.42. The summed E-state index contributed by atoms with van der Waals surface area (Å²) in [5, 5.41) is 3.29. The molecule has 0 spiro atoms. The molecule has 0 amide bonds. The van der Waals surface area contributed by atoms with Gasteiger partial charge in [-0.25, -0.2) is 4.79 Å². The second kappa shape index (κ2) is 7.09. The van der Waals surface area contributed by atoms with Crippen molar-refractivity contribution in [1.82, 2.24) is 0 Å². The zero-order valence-electron chi connectivity index (χ0n) is 12.3. The van der Waals surface area contributed by atoms with E-state index in [1.165, 1.54) is 4.88 Å². The fraction of sp³-hybridized carbons (Fsp3) is 0.312. The predicted octanol–water partition coefficient (Wildman–Crippen LogP) is 4.84. The quantitative estimate of drug-likeness (QED) is 0.768. The molecule has 5 heteroatoms. The van der Waals surface area contributed by atoms with E-state index >= 15 is 0 Å². The minimum atomic E-state index is -0.492. The highest BCUT2D eigenvalue weighted by atomic mass is 79.9. The van der Waals surface area contributed by atoms with Crippen LogP contribution in [0.15, 0.2) is 34.8 Å². The van der Waals surface area contributed by atoms with Crippen molar-refractivity contribution in [3.05, 3.63) is 50.1 Å². The molecular weight excluding hydrogens is 350 g/mol. The molecule has 0 saturated carbocycles. The van der Waals surface area contributed by atoms with E-state index in [1.807, 2.05) is 51.1 Å². The predicted molar refractivity (Wildman–Crippen MR) is 90.9 cm³/mol. The lowest BCUT2D eigenvalue weighted by Gasteiger charge is -2.19. The first-order valence-electron chi connectivity index (χ1n) is 6.77. The van der Waals surface area contributed by atoms with Crippen molar-refractivity contribution in [3.63, 3.8) is 0 Å². The second-order valence-corrected chi connectivity index (χ2v) is 6.99. The monoisotopic (exact) mass is 367 g/mol. The van der Waals surface area contributed by atoms with Crippen molar-refractivity contribution in [3.8, 4) is 0 Å².